The molecular weight excluding hydrogens is 364 g/mol. The van der Waals surface area contributed by atoms with Gasteiger partial charge in [-0.2, -0.15) is 0 Å². The van der Waals surface area contributed by atoms with Gasteiger partial charge in [-0.1, -0.05) is 24.3 Å². The van der Waals surface area contributed by atoms with Crippen LogP contribution in [0.3, 0.4) is 0 Å². The second kappa shape index (κ2) is 7.40. The van der Waals surface area contributed by atoms with Gasteiger partial charge < -0.3 is 14.4 Å². The first-order valence-electron chi connectivity index (χ1n) is 9.24. The third-order valence-electron chi connectivity index (χ3n) is 5.10. The van der Waals surface area contributed by atoms with E-state index in [1.807, 2.05) is 30.3 Å². The lowest BCUT2D eigenvalue weighted by atomic mass is 10.1. The van der Waals surface area contributed by atoms with Gasteiger partial charge in [0.15, 0.2) is 11.5 Å². The summed E-state index contributed by atoms with van der Waals surface area (Å²) in [6.45, 7) is 2.51. The molecule has 0 bridgehead atoms. The van der Waals surface area contributed by atoms with Gasteiger partial charge >= 0.3 is 0 Å². The normalized spacial score (nSPS) is 18.3. The van der Waals surface area contributed by atoms with Crippen LogP contribution in [0, 0.1) is 0 Å². The molecule has 0 saturated carbocycles. The molecule has 0 unspecified atom stereocenters. The van der Waals surface area contributed by atoms with E-state index in [2.05, 4.69) is 11.9 Å². The van der Waals surface area contributed by atoms with Gasteiger partial charge in [0.25, 0.3) is 10.0 Å². The molecular formula is C20H24N2O4S. The summed E-state index contributed by atoms with van der Waals surface area (Å²) in [6, 6.07) is 14.3. The van der Waals surface area contributed by atoms with Gasteiger partial charge in [0.05, 0.1) is 5.69 Å². The number of piperidine rings is 1. The number of likely N-dealkylation sites (tertiary alicyclic amines) is 1. The van der Waals surface area contributed by atoms with E-state index in [0.717, 1.165) is 25.9 Å². The standard InChI is InChI=1S/C20H24N2O4S/c1-21-12-10-17(11-13-21)22(16-6-3-2-4-7-16)27(23,24)19-9-5-8-18-20(19)26-15-14-25-18/h2-9,17H,10-15H2,1H3. The number of rotatable bonds is 4. The average molecular weight is 388 g/mol. The van der Waals surface area contributed by atoms with E-state index in [9.17, 15) is 8.42 Å². The minimum Gasteiger partial charge on any atom is -0.486 e. The summed E-state index contributed by atoms with van der Waals surface area (Å²) in [4.78, 5) is 2.40. The van der Waals surface area contributed by atoms with E-state index in [4.69, 9.17) is 9.47 Å². The Hall–Kier alpha value is -2.25. The number of hydrogen-bond donors (Lipinski definition) is 0. The quantitative estimate of drug-likeness (QED) is 0.806. The fourth-order valence-corrected chi connectivity index (χ4v) is 5.57. The van der Waals surface area contributed by atoms with Crippen molar-refractivity contribution < 1.29 is 17.9 Å². The molecule has 0 aliphatic carbocycles. The number of anilines is 1. The fourth-order valence-electron chi connectivity index (χ4n) is 3.71. The number of benzene rings is 2. The first-order chi connectivity index (χ1) is 13.1. The number of nitrogens with zero attached hydrogens (tertiary/aromatic N) is 2. The van der Waals surface area contributed by atoms with Crippen molar-refractivity contribution >= 4 is 15.7 Å². The van der Waals surface area contributed by atoms with Gasteiger partial charge in [0.2, 0.25) is 0 Å². The van der Waals surface area contributed by atoms with E-state index < -0.39 is 10.0 Å². The van der Waals surface area contributed by atoms with Crippen LogP contribution in [-0.4, -0.2) is 52.7 Å². The monoisotopic (exact) mass is 388 g/mol. The van der Waals surface area contributed by atoms with Gasteiger partial charge in [0, 0.05) is 6.04 Å². The van der Waals surface area contributed by atoms with Crippen molar-refractivity contribution in [3.05, 3.63) is 48.5 Å². The van der Waals surface area contributed by atoms with E-state index >= 15 is 0 Å². The molecule has 2 aromatic carbocycles. The molecule has 2 aliphatic rings. The molecule has 0 radical (unpaired) electrons. The minimum atomic E-state index is -3.80. The van der Waals surface area contributed by atoms with Crippen molar-refractivity contribution in [3.63, 3.8) is 0 Å². The first-order valence-corrected chi connectivity index (χ1v) is 10.7. The Morgan fingerprint density at radius 2 is 1.67 bits per heavy atom. The smallest absolute Gasteiger partial charge is 0.268 e. The molecule has 1 saturated heterocycles. The van der Waals surface area contributed by atoms with Crippen LogP contribution in [0.5, 0.6) is 11.5 Å². The van der Waals surface area contributed by atoms with Crippen LogP contribution in [-0.2, 0) is 10.0 Å². The summed E-state index contributed by atoms with van der Waals surface area (Å²) in [5, 5.41) is 0. The molecule has 7 heteroatoms. The predicted molar refractivity (Wildman–Crippen MR) is 104 cm³/mol. The maximum Gasteiger partial charge on any atom is 0.268 e. The highest BCUT2D eigenvalue weighted by atomic mass is 32.2. The third-order valence-corrected chi connectivity index (χ3v) is 7.00. The van der Waals surface area contributed by atoms with Gasteiger partial charge in [-0.3, -0.25) is 4.31 Å². The Bertz CT molecular complexity index is 893. The Kier molecular flexibility index (Phi) is 4.97. The van der Waals surface area contributed by atoms with Crippen LogP contribution < -0.4 is 13.8 Å². The fraction of sp³-hybridized carbons (Fsp3) is 0.400. The molecule has 4 rings (SSSR count). The number of hydrogen-bond acceptors (Lipinski definition) is 5. The SMILES string of the molecule is CN1CCC(N(c2ccccc2)S(=O)(=O)c2cccc3c2OCCO3)CC1. The lowest BCUT2D eigenvalue weighted by Crippen LogP contribution is -2.46. The molecule has 2 aliphatic heterocycles. The van der Waals surface area contributed by atoms with Crippen LogP contribution in [0.4, 0.5) is 5.69 Å². The molecule has 0 N–H and O–H groups in total. The highest BCUT2D eigenvalue weighted by Gasteiger charge is 2.36. The molecule has 6 nitrogen and oxygen atoms in total. The number of ether oxygens (including phenoxy) is 2. The summed E-state index contributed by atoms with van der Waals surface area (Å²) in [6.07, 6.45) is 1.58. The third kappa shape index (κ3) is 3.49. The number of fused-ring (bicyclic) bond motifs is 1. The summed E-state index contributed by atoms with van der Waals surface area (Å²) < 4.78 is 40.4. The zero-order valence-electron chi connectivity index (χ0n) is 15.4. The summed E-state index contributed by atoms with van der Waals surface area (Å²) in [5.74, 6) is 0.802. The van der Waals surface area contributed by atoms with Crippen LogP contribution in [0.15, 0.2) is 53.4 Å². The Balaban J connectivity index is 1.80. The van der Waals surface area contributed by atoms with E-state index in [1.165, 1.54) is 0 Å². The summed E-state index contributed by atoms with van der Waals surface area (Å²) in [7, 11) is -1.74. The Labute approximate surface area is 160 Å². The molecule has 27 heavy (non-hydrogen) atoms. The van der Waals surface area contributed by atoms with Crippen molar-refractivity contribution in [1.82, 2.24) is 4.90 Å². The topological polar surface area (TPSA) is 59.1 Å². The largest absolute Gasteiger partial charge is 0.486 e. The number of sulfonamides is 1. The highest BCUT2D eigenvalue weighted by molar-refractivity contribution is 7.93. The molecule has 0 amide bonds. The maximum atomic E-state index is 13.8. The van der Waals surface area contributed by atoms with Gasteiger partial charge in [-0.15, -0.1) is 0 Å². The molecule has 144 valence electrons. The van der Waals surface area contributed by atoms with E-state index in [0.29, 0.717) is 30.4 Å². The van der Waals surface area contributed by atoms with E-state index in [-0.39, 0.29) is 10.9 Å². The zero-order valence-corrected chi connectivity index (χ0v) is 16.2. The van der Waals surface area contributed by atoms with Crippen molar-refractivity contribution in [1.29, 1.82) is 0 Å². The first kappa shape index (κ1) is 18.1. The molecule has 2 heterocycles. The second-order valence-electron chi connectivity index (χ2n) is 6.95. The molecule has 0 spiro atoms. The molecule has 1 fully saturated rings. The van der Waals surface area contributed by atoms with Crippen LogP contribution in [0.2, 0.25) is 0 Å². The Morgan fingerprint density at radius 3 is 2.41 bits per heavy atom. The van der Waals surface area contributed by atoms with Crippen molar-refractivity contribution in [2.45, 2.75) is 23.8 Å². The van der Waals surface area contributed by atoms with Crippen molar-refractivity contribution in [3.8, 4) is 11.5 Å². The number of para-hydroxylation sites is 2. The minimum absolute atomic E-state index is 0.0889. The molecule has 2 aromatic rings. The summed E-state index contributed by atoms with van der Waals surface area (Å²) in [5.41, 5.74) is 0.682. The molecule has 0 aromatic heterocycles. The van der Waals surface area contributed by atoms with Crippen molar-refractivity contribution in [2.24, 2.45) is 0 Å². The van der Waals surface area contributed by atoms with Gasteiger partial charge in [-0.05, 0) is 57.2 Å². The van der Waals surface area contributed by atoms with Crippen LogP contribution >= 0.6 is 0 Å². The Morgan fingerprint density at radius 1 is 0.963 bits per heavy atom. The van der Waals surface area contributed by atoms with Gasteiger partial charge in [0.1, 0.15) is 18.1 Å². The lowest BCUT2D eigenvalue weighted by molar-refractivity contribution is 0.167. The van der Waals surface area contributed by atoms with Crippen LogP contribution in [0.25, 0.3) is 0 Å². The lowest BCUT2D eigenvalue weighted by Gasteiger charge is -2.38. The summed E-state index contributed by atoms with van der Waals surface area (Å²) >= 11 is 0. The van der Waals surface area contributed by atoms with Crippen LogP contribution in [0.1, 0.15) is 12.8 Å². The van der Waals surface area contributed by atoms with E-state index in [1.54, 1.807) is 22.5 Å². The zero-order chi connectivity index (χ0) is 18.9. The molecule has 0 atom stereocenters. The van der Waals surface area contributed by atoms with Gasteiger partial charge in [-0.25, -0.2) is 8.42 Å². The maximum absolute atomic E-state index is 13.8. The highest BCUT2D eigenvalue weighted by Crippen LogP contribution is 2.40. The average Bonchev–Trinajstić information content (AvgIpc) is 2.70. The predicted octanol–water partition coefficient (Wildman–Crippen LogP) is 2.75. The van der Waals surface area contributed by atoms with Crippen molar-refractivity contribution in [2.75, 3.05) is 37.7 Å². The second-order valence-corrected chi connectivity index (χ2v) is 8.73.